The zero-order chi connectivity index (χ0) is 19.9. The third kappa shape index (κ3) is 5.75. The zero-order valence-corrected chi connectivity index (χ0v) is 17.4. The molecule has 1 aromatic carbocycles. The lowest BCUT2D eigenvalue weighted by molar-refractivity contribution is -0.896. The standard InChI is InChI=1S/C19H31N3O4S/c1-4-21(5-2)10-6-9-20-19(23)18-15-17(8-7-16(18)3)27(24,25)22-11-13-26-14-12-22/h7-8,15H,4-6,9-14H2,1-3H3,(H,20,23)/p+1. The Morgan fingerprint density at radius 1 is 1.22 bits per heavy atom. The molecule has 0 atom stereocenters. The van der Waals surface area contributed by atoms with E-state index in [0.29, 0.717) is 38.4 Å². The van der Waals surface area contributed by atoms with Crippen LogP contribution in [-0.4, -0.2) is 71.1 Å². The normalized spacial score (nSPS) is 15.9. The average molecular weight is 399 g/mol. The lowest BCUT2D eigenvalue weighted by Crippen LogP contribution is -3.11. The molecule has 27 heavy (non-hydrogen) atoms. The Bertz CT molecular complexity index is 726. The predicted octanol–water partition coefficient (Wildman–Crippen LogP) is 0.0605. The molecule has 0 radical (unpaired) electrons. The highest BCUT2D eigenvalue weighted by Gasteiger charge is 2.27. The first-order chi connectivity index (χ1) is 12.9. The monoisotopic (exact) mass is 398 g/mol. The molecule has 1 fully saturated rings. The van der Waals surface area contributed by atoms with E-state index in [2.05, 4.69) is 19.2 Å². The fourth-order valence-electron chi connectivity index (χ4n) is 3.18. The van der Waals surface area contributed by atoms with E-state index in [1.807, 2.05) is 6.92 Å². The SMILES string of the molecule is CC[NH+](CC)CCCNC(=O)c1cc(S(=O)(=O)N2CCOCC2)ccc1C. The molecule has 152 valence electrons. The largest absolute Gasteiger partial charge is 0.379 e. The molecule has 0 spiro atoms. The van der Waals surface area contributed by atoms with Crippen molar-refractivity contribution in [1.82, 2.24) is 9.62 Å². The van der Waals surface area contributed by atoms with Gasteiger partial charge in [-0.25, -0.2) is 8.42 Å². The third-order valence-electron chi connectivity index (χ3n) is 5.05. The third-order valence-corrected chi connectivity index (χ3v) is 6.95. The Kier molecular flexibility index (Phi) is 8.22. The van der Waals surface area contributed by atoms with Crippen LogP contribution in [0.5, 0.6) is 0 Å². The van der Waals surface area contributed by atoms with Gasteiger partial charge in [0.05, 0.1) is 37.7 Å². The van der Waals surface area contributed by atoms with Gasteiger partial charge in [0.25, 0.3) is 5.91 Å². The number of hydrogen-bond acceptors (Lipinski definition) is 4. The Morgan fingerprint density at radius 3 is 2.52 bits per heavy atom. The van der Waals surface area contributed by atoms with Gasteiger partial charge in [0.15, 0.2) is 0 Å². The fraction of sp³-hybridized carbons (Fsp3) is 0.632. The van der Waals surface area contributed by atoms with Gasteiger partial charge in [-0.3, -0.25) is 4.79 Å². The molecular formula is C19H32N3O4S+. The molecule has 1 aromatic rings. The molecule has 1 aliphatic rings. The smallest absolute Gasteiger partial charge is 0.251 e. The van der Waals surface area contributed by atoms with Crippen LogP contribution in [0.2, 0.25) is 0 Å². The predicted molar refractivity (Wildman–Crippen MR) is 105 cm³/mol. The van der Waals surface area contributed by atoms with E-state index in [-0.39, 0.29) is 10.8 Å². The van der Waals surface area contributed by atoms with E-state index >= 15 is 0 Å². The number of morpholine rings is 1. The van der Waals surface area contributed by atoms with Gasteiger partial charge in [-0.15, -0.1) is 0 Å². The van der Waals surface area contributed by atoms with Crippen molar-refractivity contribution < 1.29 is 22.8 Å². The number of nitrogens with one attached hydrogen (secondary N) is 2. The molecule has 1 saturated heterocycles. The first-order valence-corrected chi connectivity index (χ1v) is 11.1. The molecule has 1 amide bonds. The van der Waals surface area contributed by atoms with Crippen LogP contribution in [0.3, 0.4) is 0 Å². The molecule has 1 heterocycles. The van der Waals surface area contributed by atoms with Crippen molar-refractivity contribution in [2.45, 2.75) is 32.1 Å². The van der Waals surface area contributed by atoms with Crippen molar-refractivity contribution in [3.63, 3.8) is 0 Å². The average Bonchev–Trinajstić information content (AvgIpc) is 2.68. The number of amides is 1. The summed E-state index contributed by atoms with van der Waals surface area (Å²) in [6.07, 6.45) is 0.896. The van der Waals surface area contributed by atoms with Crippen LogP contribution in [0.25, 0.3) is 0 Å². The number of rotatable bonds is 9. The zero-order valence-electron chi connectivity index (χ0n) is 16.6. The van der Waals surface area contributed by atoms with Crippen molar-refractivity contribution in [2.75, 3.05) is 52.5 Å². The first-order valence-electron chi connectivity index (χ1n) is 9.70. The highest BCUT2D eigenvalue weighted by atomic mass is 32.2. The van der Waals surface area contributed by atoms with Crippen molar-refractivity contribution in [1.29, 1.82) is 0 Å². The highest BCUT2D eigenvalue weighted by Crippen LogP contribution is 2.20. The van der Waals surface area contributed by atoms with E-state index in [1.165, 1.54) is 15.3 Å². The molecule has 2 N–H and O–H groups in total. The van der Waals surface area contributed by atoms with Crippen molar-refractivity contribution >= 4 is 15.9 Å². The maximum Gasteiger partial charge on any atom is 0.251 e. The quantitative estimate of drug-likeness (QED) is 0.577. The second-order valence-electron chi connectivity index (χ2n) is 6.81. The molecule has 0 saturated carbocycles. The van der Waals surface area contributed by atoms with E-state index in [4.69, 9.17) is 4.74 Å². The van der Waals surface area contributed by atoms with Gasteiger partial charge in [-0.1, -0.05) is 6.07 Å². The van der Waals surface area contributed by atoms with Gasteiger partial charge in [0, 0.05) is 31.6 Å². The second-order valence-corrected chi connectivity index (χ2v) is 8.75. The number of aryl methyl sites for hydroxylation is 1. The lowest BCUT2D eigenvalue weighted by atomic mass is 10.1. The number of benzene rings is 1. The van der Waals surface area contributed by atoms with E-state index < -0.39 is 10.0 Å². The van der Waals surface area contributed by atoms with Crippen LogP contribution < -0.4 is 10.2 Å². The molecule has 8 heteroatoms. The summed E-state index contributed by atoms with van der Waals surface area (Å²) in [5, 5.41) is 2.92. The van der Waals surface area contributed by atoms with Gasteiger partial charge >= 0.3 is 0 Å². The van der Waals surface area contributed by atoms with Crippen LogP contribution in [0, 0.1) is 6.92 Å². The summed E-state index contributed by atoms with van der Waals surface area (Å²) >= 11 is 0. The number of ether oxygens (including phenoxy) is 1. The molecule has 0 unspecified atom stereocenters. The molecule has 7 nitrogen and oxygen atoms in total. The summed E-state index contributed by atoms with van der Waals surface area (Å²) in [4.78, 5) is 14.2. The van der Waals surface area contributed by atoms with Gasteiger partial charge in [0.1, 0.15) is 0 Å². The molecule has 1 aliphatic heterocycles. The number of sulfonamides is 1. The van der Waals surface area contributed by atoms with Crippen molar-refractivity contribution in [2.24, 2.45) is 0 Å². The van der Waals surface area contributed by atoms with Gasteiger partial charge in [-0.2, -0.15) is 4.31 Å². The van der Waals surface area contributed by atoms with E-state index in [0.717, 1.165) is 31.6 Å². The molecule has 0 aromatic heterocycles. The summed E-state index contributed by atoms with van der Waals surface area (Å²) < 4.78 is 32.3. The molecule has 0 aliphatic carbocycles. The minimum atomic E-state index is -3.61. The number of carbonyl (C=O) groups excluding carboxylic acids is 1. The van der Waals surface area contributed by atoms with Gasteiger partial charge < -0.3 is 15.0 Å². The second kappa shape index (κ2) is 10.2. The van der Waals surface area contributed by atoms with Crippen LogP contribution >= 0.6 is 0 Å². The molecular weight excluding hydrogens is 366 g/mol. The minimum Gasteiger partial charge on any atom is -0.379 e. The Morgan fingerprint density at radius 2 is 1.89 bits per heavy atom. The maximum atomic E-state index is 12.8. The highest BCUT2D eigenvalue weighted by molar-refractivity contribution is 7.89. The van der Waals surface area contributed by atoms with Crippen molar-refractivity contribution in [3.8, 4) is 0 Å². The minimum absolute atomic E-state index is 0.160. The lowest BCUT2D eigenvalue weighted by Gasteiger charge is -2.26. The fourth-order valence-corrected chi connectivity index (χ4v) is 4.62. The first kappa shape index (κ1) is 21.8. The van der Waals surface area contributed by atoms with Gasteiger partial charge in [0.2, 0.25) is 10.0 Å². The summed E-state index contributed by atoms with van der Waals surface area (Å²) in [6, 6.07) is 4.76. The number of carbonyl (C=O) groups is 1. The summed E-state index contributed by atoms with van der Waals surface area (Å²) in [7, 11) is -3.61. The van der Waals surface area contributed by atoms with Crippen LogP contribution in [0.1, 0.15) is 36.2 Å². The van der Waals surface area contributed by atoms with E-state index in [9.17, 15) is 13.2 Å². The van der Waals surface area contributed by atoms with Crippen molar-refractivity contribution in [3.05, 3.63) is 29.3 Å². The van der Waals surface area contributed by atoms with Crippen LogP contribution in [0.4, 0.5) is 0 Å². The number of nitrogens with zero attached hydrogens (tertiary/aromatic N) is 1. The Balaban J connectivity index is 2.04. The Hall–Kier alpha value is -1.48. The summed E-state index contributed by atoms with van der Waals surface area (Å²) in [6.45, 7) is 11.3. The van der Waals surface area contributed by atoms with Crippen LogP contribution in [-0.2, 0) is 14.8 Å². The summed E-state index contributed by atoms with van der Waals surface area (Å²) in [5.41, 5.74) is 1.18. The Labute approximate surface area is 162 Å². The maximum absolute atomic E-state index is 12.8. The van der Waals surface area contributed by atoms with E-state index in [1.54, 1.807) is 12.1 Å². The number of quaternary nitrogens is 1. The van der Waals surface area contributed by atoms with Gasteiger partial charge in [-0.05, 0) is 38.5 Å². The van der Waals surface area contributed by atoms with Crippen LogP contribution in [0.15, 0.2) is 23.1 Å². The topological polar surface area (TPSA) is 80.2 Å². The summed E-state index contributed by atoms with van der Waals surface area (Å²) in [5.74, 6) is -0.221. The number of hydrogen-bond donors (Lipinski definition) is 2. The molecule has 0 bridgehead atoms. The molecule has 2 rings (SSSR count).